The molecule has 1 atom stereocenters. The number of Topliss-reactive ketones (excluding diaryl/α,β-unsaturated/α-hetero) is 1. The second-order valence-corrected chi connectivity index (χ2v) is 6.81. The lowest BCUT2D eigenvalue weighted by Crippen LogP contribution is -2.39. The minimum atomic E-state index is -0.474. The number of carbonyl (C=O) groups excluding carboxylic acids is 2. The Hall–Kier alpha value is -2.37. The van der Waals surface area contributed by atoms with Gasteiger partial charge >= 0.3 is 0 Å². The molecule has 2 aromatic heterocycles. The average molecular weight is 343 g/mol. The summed E-state index contributed by atoms with van der Waals surface area (Å²) in [5.74, 6) is 0.649. The van der Waals surface area contributed by atoms with Gasteiger partial charge in [-0.15, -0.1) is 0 Å². The molecule has 3 rings (SSSR count). The number of likely N-dealkylation sites (tertiary alicyclic amines) is 1. The van der Waals surface area contributed by atoms with Gasteiger partial charge in [-0.25, -0.2) is 0 Å². The number of hydrogen-bond acceptors (Lipinski definition) is 4. The monoisotopic (exact) mass is 343 g/mol. The van der Waals surface area contributed by atoms with E-state index in [4.69, 9.17) is 4.42 Å². The Morgan fingerprint density at radius 2 is 1.92 bits per heavy atom. The molecule has 0 spiro atoms. The number of ketones is 1. The zero-order chi connectivity index (χ0) is 18.1. The highest BCUT2D eigenvalue weighted by Crippen LogP contribution is 2.32. The second kappa shape index (κ2) is 6.86. The molecule has 0 bridgehead atoms. The fourth-order valence-corrected chi connectivity index (χ4v) is 3.62. The SMILES string of the molecule is Cc1ccc([C@H]2CCCCCN2C(=O)C(=O)c2c(C)nn(C)c2C)o1. The molecule has 1 fully saturated rings. The van der Waals surface area contributed by atoms with Crippen molar-refractivity contribution < 1.29 is 14.0 Å². The number of nitrogens with zero attached hydrogens (tertiary/aromatic N) is 3. The number of rotatable bonds is 3. The van der Waals surface area contributed by atoms with Crippen molar-refractivity contribution in [1.29, 1.82) is 0 Å². The summed E-state index contributed by atoms with van der Waals surface area (Å²) in [6, 6.07) is 3.64. The Balaban J connectivity index is 1.93. The van der Waals surface area contributed by atoms with Crippen LogP contribution in [0.2, 0.25) is 0 Å². The summed E-state index contributed by atoms with van der Waals surface area (Å²) >= 11 is 0. The first-order valence-corrected chi connectivity index (χ1v) is 8.82. The zero-order valence-electron chi connectivity index (χ0n) is 15.3. The van der Waals surface area contributed by atoms with Crippen molar-refractivity contribution in [1.82, 2.24) is 14.7 Å². The predicted molar refractivity (Wildman–Crippen MR) is 93.4 cm³/mol. The van der Waals surface area contributed by atoms with Crippen molar-refractivity contribution in [2.24, 2.45) is 7.05 Å². The van der Waals surface area contributed by atoms with E-state index in [1.54, 1.807) is 23.6 Å². The molecule has 0 unspecified atom stereocenters. The van der Waals surface area contributed by atoms with Gasteiger partial charge in [0.1, 0.15) is 11.5 Å². The molecular formula is C19H25N3O3. The first-order valence-electron chi connectivity index (χ1n) is 8.82. The number of aromatic nitrogens is 2. The first kappa shape index (κ1) is 17.5. The van der Waals surface area contributed by atoms with Crippen LogP contribution in [0.1, 0.15) is 65.0 Å². The number of amides is 1. The molecule has 1 amide bonds. The number of furan rings is 1. The number of hydrogen-bond donors (Lipinski definition) is 0. The molecular weight excluding hydrogens is 318 g/mol. The molecule has 3 heterocycles. The summed E-state index contributed by atoms with van der Waals surface area (Å²) in [4.78, 5) is 27.7. The highest BCUT2D eigenvalue weighted by atomic mass is 16.3. The van der Waals surface area contributed by atoms with Gasteiger partial charge in [0, 0.05) is 19.3 Å². The zero-order valence-corrected chi connectivity index (χ0v) is 15.3. The van der Waals surface area contributed by atoms with Gasteiger partial charge in [0.05, 0.1) is 17.3 Å². The largest absolute Gasteiger partial charge is 0.464 e. The fraction of sp³-hybridized carbons (Fsp3) is 0.526. The van der Waals surface area contributed by atoms with Crippen LogP contribution in [-0.2, 0) is 11.8 Å². The maximum absolute atomic E-state index is 13.1. The Kier molecular flexibility index (Phi) is 4.79. The molecule has 2 aromatic rings. The third-order valence-electron chi connectivity index (χ3n) is 5.03. The molecule has 0 N–H and O–H groups in total. The van der Waals surface area contributed by atoms with Crippen molar-refractivity contribution in [2.45, 2.75) is 52.5 Å². The molecule has 1 aliphatic rings. The van der Waals surface area contributed by atoms with E-state index >= 15 is 0 Å². The fourth-order valence-electron chi connectivity index (χ4n) is 3.62. The topological polar surface area (TPSA) is 68.3 Å². The molecule has 0 aromatic carbocycles. The van der Waals surface area contributed by atoms with Crippen molar-refractivity contribution in [3.8, 4) is 0 Å². The van der Waals surface area contributed by atoms with Gasteiger partial charge in [-0.3, -0.25) is 14.3 Å². The number of aryl methyl sites for hydroxylation is 3. The van der Waals surface area contributed by atoms with Gasteiger partial charge in [-0.1, -0.05) is 12.8 Å². The maximum Gasteiger partial charge on any atom is 0.295 e. The predicted octanol–water partition coefficient (Wildman–Crippen LogP) is 3.26. The summed E-state index contributed by atoms with van der Waals surface area (Å²) in [6.45, 7) is 6.05. The van der Waals surface area contributed by atoms with Crippen LogP contribution in [0.25, 0.3) is 0 Å². The lowest BCUT2D eigenvalue weighted by molar-refractivity contribution is -0.129. The van der Waals surface area contributed by atoms with Crippen LogP contribution in [0.5, 0.6) is 0 Å². The van der Waals surface area contributed by atoms with Gasteiger partial charge in [0.25, 0.3) is 11.7 Å². The Morgan fingerprint density at radius 3 is 2.52 bits per heavy atom. The third kappa shape index (κ3) is 3.25. The van der Waals surface area contributed by atoms with Crippen LogP contribution in [0.3, 0.4) is 0 Å². The summed E-state index contributed by atoms with van der Waals surface area (Å²) in [5.41, 5.74) is 1.74. The highest BCUT2D eigenvalue weighted by Gasteiger charge is 2.34. The molecule has 25 heavy (non-hydrogen) atoms. The summed E-state index contributed by atoms with van der Waals surface area (Å²) in [5, 5.41) is 4.26. The van der Waals surface area contributed by atoms with E-state index in [9.17, 15) is 9.59 Å². The van der Waals surface area contributed by atoms with Crippen LogP contribution >= 0.6 is 0 Å². The summed E-state index contributed by atoms with van der Waals surface area (Å²) in [7, 11) is 1.78. The van der Waals surface area contributed by atoms with Crippen LogP contribution in [0.15, 0.2) is 16.5 Å². The molecule has 0 saturated carbocycles. The Labute approximate surface area is 147 Å². The molecule has 1 aliphatic heterocycles. The smallest absolute Gasteiger partial charge is 0.295 e. The van der Waals surface area contributed by atoms with Crippen molar-refractivity contribution >= 4 is 11.7 Å². The van der Waals surface area contributed by atoms with Gasteiger partial charge in [-0.05, 0) is 45.7 Å². The summed E-state index contributed by atoms with van der Waals surface area (Å²) < 4.78 is 7.42. The minimum absolute atomic E-state index is 0.176. The van der Waals surface area contributed by atoms with E-state index < -0.39 is 11.7 Å². The standard InChI is InChI=1S/C19H25N3O3/c1-12-9-10-16(25-12)15-8-6-5-7-11-22(15)19(24)18(23)17-13(2)20-21(4)14(17)3/h9-10,15H,5-8,11H2,1-4H3/t15-/m1/s1. The van der Waals surface area contributed by atoms with E-state index in [0.717, 1.165) is 42.9 Å². The quantitative estimate of drug-likeness (QED) is 0.633. The first-order chi connectivity index (χ1) is 11.9. The molecule has 0 aliphatic carbocycles. The van der Waals surface area contributed by atoms with E-state index in [1.807, 2.05) is 26.0 Å². The number of carbonyl (C=O) groups is 2. The second-order valence-electron chi connectivity index (χ2n) is 6.81. The van der Waals surface area contributed by atoms with Crippen LogP contribution in [0.4, 0.5) is 0 Å². The molecule has 134 valence electrons. The molecule has 6 heteroatoms. The summed E-state index contributed by atoms with van der Waals surface area (Å²) in [6.07, 6.45) is 3.80. The highest BCUT2D eigenvalue weighted by molar-refractivity contribution is 6.43. The Bertz CT molecular complexity index is 803. The van der Waals surface area contributed by atoms with Crippen LogP contribution in [-0.4, -0.2) is 32.9 Å². The maximum atomic E-state index is 13.1. The third-order valence-corrected chi connectivity index (χ3v) is 5.03. The molecule has 0 radical (unpaired) electrons. The lowest BCUT2D eigenvalue weighted by Gasteiger charge is -2.28. The van der Waals surface area contributed by atoms with Gasteiger partial charge in [0.2, 0.25) is 0 Å². The van der Waals surface area contributed by atoms with Crippen LogP contribution < -0.4 is 0 Å². The van der Waals surface area contributed by atoms with E-state index in [-0.39, 0.29) is 6.04 Å². The normalized spacial score (nSPS) is 18.2. The molecule has 6 nitrogen and oxygen atoms in total. The van der Waals surface area contributed by atoms with Gasteiger partial charge in [-0.2, -0.15) is 5.10 Å². The van der Waals surface area contributed by atoms with E-state index in [1.165, 1.54) is 0 Å². The molecule has 1 saturated heterocycles. The van der Waals surface area contributed by atoms with Gasteiger partial charge in [0.15, 0.2) is 0 Å². The van der Waals surface area contributed by atoms with E-state index in [2.05, 4.69) is 5.10 Å². The van der Waals surface area contributed by atoms with Gasteiger partial charge < -0.3 is 9.32 Å². The average Bonchev–Trinajstić information content (AvgIpc) is 2.99. The van der Waals surface area contributed by atoms with Crippen molar-refractivity contribution in [2.75, 3.05) is 6.54 Å². The lowest BCUT2D eigenvalue weighted by atomic mass is 10.0. The van der Waals surface area contributed by atoms with Crippen LogP contribution in [0, 0.1) is 20.8 Å². The van der Waals surface area contributed by atoms with Crippen molar-refractivity contribution in [3.05, 3.63) is 40.6 Å². The van der Waals surface area contributed by atoms with Crippen molar-refractivity contribution in [3.63, 3.8) is 0 Å². The Morgan fingerprint density at radius 1 is 1.16 bits per heavy atom. The van der Waals surface area contributed by atoms with E-state index in [0.29, 0.717) is 17.8 Å². The minimum Gasteiger partial charge on any atom is -0.464 e.